The molecule has 420 valence electrons. The number of benzene rings is 7. The van der Waals surface area contributed by atoms with Gasteiger partial charge in [0.1, 0.15) is 42.4 Å². The first-order valence-corrected chi connectivity index (χ1v) is 29.3. The fourth-order valence-corrected chi connectivity index (χ4v) is 10.8. The Balaban J connectivity index is 1.01. The van der Waals surface area contributed by atoms with Crippen LogP contribution in [0.25, 0.3) is 0 Å². The zero-order valence-corrected chi connectivity index (χ0v) is 46.7. The SMILES string of the molecule is CC(=O)O[C@@H](CCC1C(=O)N(c2ccc(CCCN(C)S(C)(=O)=O)cc2)[C@@H]1c1ccc(C#CC2O[C@H](COCc3ccccc3)[C@@H](OCc3ccccc3)[C@H](OCc3ccccc3)[C@H]2OCc2ccccc2)cc1)c1ccc(F)cc1. The Labute approximate surface area is 475 Å². The van der Waals surface area contributed by atoms with E-state index in [0.717, 1.165) is 33.4 Å². The highest BCUT2D eigenvalue weighted by Gasteiger charge is 2.50. The van der Waals surface area contributed by atoms with Crippen LogP contribution in [0.5, 0.6) is 0 Å². The van der Waals surface area contributed by atoms with Crippen LogP contribution in [0.2, 0.25) is 0 Å². The highest BCUT2D eigenvalue weighted by atomic mass is 32.2. The molecule has 2 aliphatic heterocycles. The fourth-order valence-electron chi connectivity index (χ4n) is 10.3. The lowest BCUT2D eigenvalue weighted by Crippen LogP contribution is -2.60. The van der Waals surface area contributed by atoms with E-state index in [0.29, 0.717) is 62.3 Å². The van der Waals surface area contributed by atoms with Gasteiger partial charge in [-0.25, -0.2) is 17.1 Å². The minimum Gasteiger partial charge on any atom is -0.458 e. The molecule has 1 amide bonds. The van der Waals surface area contributed by atoms with Gasteiger partial charge in [-0.3, -0.25) is 9.59 Å². The number of amides is 1. The standard InChI is InChI=1S/C67H69FN2O10S/c1-48(71)79-60(55-33-35-57(68)36-34-55)41-39-59-63(70(67(59)72)58-37-28-49(29-38-58)25-16-42-69(2)81(3,73)74)56-31-26-50(27-32-56)30-40-61-64(76-44-52-19-10-5-11-20-52)66(78-46-54-23-14-7-15-24-54)65(77-45-53-21-12-6-13-22-53)62(80-61)47-75-43-51-17-8-4-9-18-51/h4-15,17-24,26-29,31-38,59-66H,16,25,39,41-47H2,1-3H3/t59?,60-,61?,62+,63+,64-,65+,66+/m0/s1. The molecule has 0 saturated carbocycles. The van der Waals surface area contributed by atoms with Crippen molar-refractivity contribution in [3.05, 3.63) is 244 Å². The second kappa shape index (κ2) is 28.4. The average Bonchev–Trinajstić information content (AvgIpc) is 3.44. The van der Waals surface area contributed by atoms with Crippen molar-refractivity contribution in [2.75, 3.05) is 31.4 Å². The van der Waals surface area contributed by atoms with Gasteiger partial charge in [0.15, 0.2) is 0 Å². The second-order valence-electron chi connectivity index (χ2n) is 20.6. The van der Waals surface area contributed by atoms with E-state index in [4.69, 9.17) is 28.4 Å². The van der Waals surface area contributed by atoms with E-state index in [2.05, 4.69) is 11.8 Å². The maximum atomic E-state index is 14.4. The van der Waals surface area contributed by atoms with E-state index >= 15 is 0 Å². The summed E-state index contributed by atoms with van der Waals surface area (Å²) in [5, 5.41) is 0. The molecule has 9 rings (SSSR count). The molecule has 0 N–H and O–H groups in total. The van der Waals surface area contributed by atoms with Gasteiger partial charge >= 0.3 is 5.97 Å². The number of carbonyl (C=O) groups excluding carboxylic acids is 2. The molecule has 0 bridgehead atoms. The number of ether oxygens (including phenoxy) is 6. The summed E-state index contributed by atoms with van der Waals surface area (Å²) in [6.07, 6.45) is -0.906. The van der Waals surface area contributed by atoms with Crippen LogP contribution in [0, 0.1) is 23.6 Å². The molecule has 2 saturated heterocycles. The molecule has 0 aliphatic carbocycles. The summed E-state index contributed by atoms with van der Waals surface area (Å²) in [4.78, 5) is 28.5. The molecular weight excluding hydrogens is 1040 g/mol. The molecule has 2 fully saturated rings. The van der Waals surface area contributed by atoms with Gasteiger partial charge in [-0.15, -0.1) is 0 Å². The number of sulfonamides is 1. The Kier molecular flexibility index (Phi) is 20.5. The molecule has 7 aromatic rings. The molecular formula is C67H69FN2O10S. The quantitative estimate of drug-likeness (QED) is 0.0310. The summed E-state index contributed by atoms with van der Waals surface area (Å²) in [5.41, 5.74) is 7.93. The molecule has 7 aromatic carbocycles. The number of carbonyl (C=O) groups is 2. The Bertz CT molecular complexity index is 3270. The van der Waals surface area contributed by atoms with Crippen LogP contribution < -0.4 is 4.90 Å². The highest BCUT2D eigenvalue weighted by molar-refractivity contribution is 7.88. The van der Waals surface area contributed by atoms with E-state index in [1.54, 1.807) is 24.1 Å². The van der Waals surface area contributed by atoms with Gasteiger partial charge < -0.3 is 33.3 Å². The number of hydrogen-bond acceptors (Lipinski definition) is 10. The van der Waals surface area contributed by atoms with Gasteiger partial charge in [0.05, 0.1) is 51.2 Å². The van der Waals surface area contributed by atoms with Gasteiger partial charge in [0, 0.05) is 31.8 Å². The van der Waals surface area contributed by atoms with Crippen LogP contribution in [0.3, 0.4) is 0 Å². The van der Waals surface area contributed by atoms with Gasteiger partial charge in [-0.05, 0) is 101 Å². The first kappa shape index (κ1) is 58.3. The number of aryl methyl sites for hydroxylation is 1. The van der Waals surface area contributed by atoms with Crippen LogP contribution in [0.1, 0.15) is 82.8 Å². The minimum absolute atomic E-state index is 0.0829. The second-order valence-corrected chi connectivity index (χ2v) is 22.7. The number of anilines is 1. The molecule has 2 unspecified atom stereocenters. The van der Waals surface area contributed by atoms with Crippen molar-refractivity contribution in [1.82, 2.24) is 4.31 Å². The van der Waals surface area contributed by atoms with Crippen molar-refractivity contribution in [2.45, 2.75) is 102 Å². The van der Waals surface area contributed by atoms with E-state index in [-0.39, 0.29) is 31.8 Å². The van der Waals surface area contributed by atoms with Crippen molar-refractivity contribution in [3.63, 3.8) is 0 Å². The van der Waals surface area contributed by atoms with Gasteiger partial charge in [0.25, 0.3) is 0 Å². The zero-order chi connectivity index (χ0) is 56.6. The van der Waals surface area contributed by atoms with Crippen molar-refractivity contribution >= 4 is 27.6 Å². The molecule has 0 radical (unpaired) electrons. The number of esters is 1. The molecule has 8 atom stereocenters. The van der Waals surface area contributed by atoms with Crippen LogP contribution in [0.4, 0.5) is 10.1 Å². The number of nitrogens with zero attached hydrogens (tertiary/aromatic N) is 2. The fraction of sp³-hybridized carbons (Fsp3) is 0.313. The Morgan fingerprint density at radius 3 is 1.74 bits per heavy atom. The molecule has 0 aromatic heterocycles. The lowest BCUT2D eigenvalue weighted by molar-refractivity contribution is -0.261. The molecule has 14 heteroatoms. The highest BCUT2D eigenvalue weighted by Crippen LogP contribution is 2.47. The van der Waals surface area contributed by atoms with Crippen molar-refractivity contribution < 1.29 is 50.8 Å². The summed E-state index contributed by atoms with van der Waals surface area (Å²) in [7, 11) is -1.72. The predicted molar refractivity (Wildman–Crippen MR) is 309 cm³/mol. The van der Waals surface area contributed by atoms with E-state index in [1.807, 2.05) is 170 Å². The molecule has 2 aliphatic rings. The normalized spacial score (nSPS) is 20.2. The Morgan fingerprint density at radius 1 is 0.667 bits per heavy atom. The summed E-state index contributed by atoms with van der Waals surface area (Å²) in [6, 6.07) is 61.0. The zero-order valence-electron chi connectivity index (χ0n) is 45.9. The number of hydrogen-bond donors (Lipinski definition) is 0. The number of halogens is 1. The Morgan fingerprint density at radius 2 is 1.20 bits per heavy atom. The smallest absolute Gasteiger partial charge is 0.303 e. The summed E-state index contributed by atoms with van der Waals surface area (Å²) in [5.74, 6) is 5.43. The third-order valence-electron chi connectivity index (χ3n) is 14.7. The molecule has 12 nitrogen and oxygen atoms in total. The van der Waals surface area contributed by atoms with Crippen molar-refractivity contribution in [1.29, 1.82) is 0 Å². The van der Waals surface area contributed by atoms with Crippen LogP contribution >= 0.6 is 0 Å². The minimum atomic E-state index is -3.29. The number of rotatable bonds is 25. The van der Waals surface area contributed by atoms with Crippen molar-refractivity contribution in [3.8, 4) is 11.8 Å². The van der Waals surface area contributed by atoms with Crippen LogP contribution in [-0.4, -0.2) is 81.6 Å². The molecule has 81 heavy (non-hydrogen) atoms. The number of β-lactam (4-membered cyclic amide) rings is 1. The third kappa shape index (κ3) is 16.2. The first-order valence-electron chi connectivity index (χ1n) is 27.5. The van der Waals surface area contributed by atoms with Gasteiger partial charge in [-0.2, -0.15) is 0 Å². The lowest BCUT2D eigenvalue weighted by Gasteiger charge is -2.48. The third-order valence-corrected chi connectivity index (χ3v) is 16.0. The maximum Gasteiger partial charge on any atom is 0.303 e. The topological polar surface area (TPSA) is 130 Å². The van der Waals surface area contributed by atoms with E-state index < -0.39 is 64.4 Å². The maximum absolute atomic E-state index is 14.4. The largest absolute Gasteiger partial charge is 0.458 e. The van der Waals surface area contributed by atoms with Crippen LogP contribution in [0.15, 0.2) is 194 Å². The van der Waals surface area contributed by atoms with Gasteiger partial charge in [0.2, 0.25) is 15.9 Å². The summed E-state index contributed by atoms with van der Waals surface area (Å²) < 4.78 is 79.2. The van der Waals surface area contributed by atoms with Crippen LogP contribution in [-0.2, 0) is 80.9 Å². The van der Waals surface area contributed by atoms with E-state index in [9.17, 15) is 22.4 Å². The van der Waals surface area contributed by atoms with E-state index in [1.165, 1.54) is 29.6 Å². The lowest BCUT2D eigenvalue weighted by atomic mass is 9.78. The molecule has 2 heterocycles. The van der Waals surface area contributed by atoms with Gasteiger partial charge in [-0.1, -0.05) is 170 Å². The molecule has 0 spiro atoms. The summed E-state index contributed by atoms with van der Waals surface area (Å²) >= 11 is 0. The predicted octanol–water partition coefficient (Wildman–Crippen LogP) is 11.5. The first-order chi connectivity index (χ1) is 39.4. The summed E-state index contributed by atoms with van der Waals surface area (Å²) in [6.45, 7) is 3.12. The van der Waals surface area contributed by atoms with Crippen molar-refractivity contribution in [2.24, 2.45) is 5.92 Å². The average molecular weight is 1110 g/mol. The Hall–Kier alpha value is -7.32. The monoisotopic (exact) mass is 1110 g/mol.